The number of nitrogens with two attached hydrogens (primary N) is 3. The van der Waals surface area contributed by atoms with Crippen LogP contribution in [0.2, 0.25) is 0 Å². The molecular weight excluding hydrogens is 282 g/mol. The summed E-state index contributed by atoms with van der Waals surface area (Å²) in [5.74, 6) is 0.121. The normalized spacial score (nSPS) is 10.9. The van der Waals surface area contributed by atoms with E-state index >= 15 is 0 Å². The summed E-state index contributed by atoms with van der Waals surface area (Å²) in [6.07, 6.45) is 0. The van der Waals surface area contributed by atoms with E-state index in [1.54, 1.807) is 0 Å². The minimum atomic E-state index is 0.121. The standard InChI is InChI=1S/C20H21N3/c1-13-12-16(6-11-19(13)23)20(14-2-7-17(21)8-3-14)15-4-9-18(22)10-5-15/h2-12,20H,21-23H2,1H3. The zero-order valence-corrected chi connectivity index (χ0v) is 13.2. The van der Waals surface area contributed by atoms with Crippen molar-refractivity contribution in [2.45, 2.75) is 12.8 Å². The first-order chi connectivity index (χ1) is 11.0. The van der Waals surface area contributed by atoms with Crippen LogP contribution in [0.4, 0.5) is 17.1 Å². The lowest BCUT2D eigenvalue weighted by atomic mass is 9.84. The molecule has 0 aliphatic rings. The fourth-order valence-electron chi connectivity index (χ4n) is 2.83. The van der Waals surface area contributed by atoms with Gasteiger partial charge in [0.25, 0.3) is 0 Å². The molecule has 0 heterocycles. The Morgan fingerprint density at radius 3 is 1.48 bits per heavy atom. The quantitative estimate of drug-likeness (QED) is 0.507. The van der Waals surface area contributed by atoms with Gasteiger partial charge in [0.2, 0.25) is 0 Å². The highest BCUT2D eigenvalue weighted by molar-refractivity contribution is 5.54. The summed E-state index contributed by atoms with van der Waals surface area (Å²) in [5, 5.41) is 0. The van der Waals surface area contributed by atoms with Crippen molar-refractivity contribution in [1.82, 2.24) is 0 Å². The molecule has 0 saturated carbocycles. The molecular formula is C20H21N3. The second-order valence-electron chi connectivity index (χ2n) is 5.88. The largest absolute Gasteiger partial charge is 0.399 e. The fraction of sp³-hybridized carbons (Fsp3) is 0.100. The smallest absolute Gasteiger partial charge is 0.0343 e. The van der Waals surface area contributed by atoms with E-state index in [2.05, 4.69) is 36.4 Å². The maximum absolute atomic E-state index is 5.97. The number of rotatable bonds is 3. The fourth-order valence-corrected chi connectivity index (χ4v) is 2.83. The molecule has 6 N–H and O–H groups in total. The summed E-state index contributed by atoms with van der Waals surface area (Å²) in [7, 11) is 0. The van der Waals surface area contributed by atoms with Gasteiger partial charge in [0.05, 0.1) is 0 Å². The first-order valence-corrected chi connectivity index (χ1v) is 7.61. The van der Waals surface area contributed by atoms with E-state index in [1.165, 1.54) is 16.7 Å². The first kappa shape index (κ1) is 15.0. The van der Waals surface area contributed by atoms with Crippen molar-refractivity contribution in [3.63, 3.8) is 0 Å². The van der Waals surface area contributed by atoms with Crippen molar-refractivity contribution in [3.05, 3.63) is 89.0 Å². The highest BCUT2D eigenvalue weighted by Gasteiger charge is 2.17. The van der Waals surface area contributed by atoms with E-state index in [0.29, 0.717) is 0 Å². The molecule has 116 valence electrons. The molecule has 0 radical (unpaired) electrons. The molecule has 0 aliphatic carbocycles. The molecule has 0 spiro atoms. The van der Waals surface area contributed by atoms with E-state index in [-0.39, 0.29) is 5.92 Å². The van der Waals surface area contributed by atoms with Gasteiger partial charge in [-0.05, 0) is 59.5 Å². The van der Waals surface area contributed by atoms with Crippen LogP contribution in [-0.2, 0) is 0 Å². The van der Waals surface area contributed by atoms with Gasteiger partial charge in [-0.1, -0.05) is 36.4 Å². The van der Waals surface area contributed by atoms with Crippen molar-refractivity contribution >= 4 is 17.1 Å². The minimum Gasteiger partial charge on any atom is -0.399 e. The van der Waals surface area contributed by atoms with Gasteiger partial charge in [0.15, 0.2) is 0 Å². The highest BCUT2D eigenvalue weighted by Crippen LogP contribution is 2.34. The molecule has 0 bridgehead atoms. The SMILES string of the molecule is Cc1cc(C(c2ccc(N)cc2)c2ccc(N)cc2)ccc1N. The molecule has 0 atom stereocenters. The Labute approximate surface area is 136 Å². The van der Waals surface area contributed by atoms with Gasteiger partial charge >= 0.3 is 0 Å². The maximum atomic E-state index is 5.97. The highest BCUT2D eigenvalue weighted by atomic mass is 14.6. The first-order valence-electron chi connectivity index (χ1n) is 7.61. The van der Waals surface area contributed by atoms with Crippen molar-refractivity contribution in [2.75, 3.05) is 17.2 Å². The Kier molecular flexibility index (Phi) is 3.94. The van der Waals surface area contributed by atoms with E-state index in [0.717, 1.165) is 22.6 Å². The van der Waals surface area contributed by atoms with Crippen LogP contribution in [0.1, 0.15) is 28.2 Å². The summed E-state index contributed by atoms with van der Waals surface area (Å²) in [6, 6.07) is 22.2. The lowest BCUT2D eigenvalue weighted by Gasteiger charge is -2.20. The van der Waals surface area contributed by atoms with Gasteiger partial charge < -0.3 is 17.2 Å². The molecule has 3 heteroatoms. The van der Waals surface area contributed by atoms with E-state index in [9.17, 15) is 0 Å². The number of benzene rings is 3. The molecule has 0 unspecified atom stereocenters. The van der Waals surface area contributed by atoms with E-state index in [1.807, 2.05) is 37.3 Å². The van der Waals surface area contributed by atoms with Crippen LogP contribution in [-0.4, -0.2) is 0 Å². The molecule has 0 aliphatic heterocycles. The van der Waals surface area contributed by atoms with Crippen molar-refractivity contribution in [1.29, 1.82) is 0 Å². The molecule has 23 heavy (non-hydrogen) atoms. The summed E-state index contributed by atoms with van der Waals surface area (Å²) in [6.45, 7) is 2.03. The Hall–Kier alpha value is -2.94. The minimum absolute atomic E-state index is 0.121. The van der Waals surface area contributed by atoms with Crippen LogP contribution in [0.15, 0.2) is 66.7 Å². The van der Waals surface area contributed by atoms with E-state index in [4.69, 9.17) is 17.2 Å². The van der Waals surface area contributed by atoms with Gasteiger partial charge in [-0.25, -0.2) is 0 Å². The van der Waals surface area contributed by atoms with Gasteiger partial charge in [-0.2, -0.15) is 0 Å². The van der Waals surface area contributed by atoms with Crippen LogP contribution >= 0.6 is 0 Å². The second kappa shape index (κ2) is 6.05. The molecule has 3 nitrogen and oxygen atoms in total. The van der Waals surface area contributed by atoms with Crippen LogP contribution < -0.4 is 17.2 Å². The molecule has 0 fully saturated rings. The number of aryl methyl sites for hydroxylation is 1. The topological polar surface area (TPSA) is 78.1 Å². The van der Waals surface area contributed by atoms with Gasteiger partial charge in [-0.15, -0.1) is 0 Å². The second-order valence-corrected chi connectivity index (χ2v) is 5.88. The summed E-state index contributed by atoms with van der Waals surface area (Å²) >= 11 is 0. The summed E-state index contributed by atoms with van der Waals surface area (Å²) < 4.78 is 0. The number of hydrogen-bond acceptors (Lipinski definition) is 3. The molecule has 3 rings (SSSR count). The van der Waals surface area contributed by atoms with Gasteiger partial charge in [-0.3, -0.25) is 0 Å². The number of nitrogen functional groups attached to an aromatic ring is 3. The third-order valence-electron chi connectivity index (χ3n) is 4.17. The van der Waals surface area contributed by atoms with Crippen LogP contribution in [0, 0.1) is 6.92 Å². The van der Waals surface area contributed by atoms with Crippen LogP contribution in [0.5, 0.6) is 0 Å². The van der Waals surface area contributed by atoms with Gasteiger partial charge in [0, 0.05) is 23.0 Å². The third kappa shape index (κ3) is 3.14. The van der Waals surface area contributed by atoms with Crippen LogP contribution in [0.25, 0.3) is 0 Å². The zero-order chi connectivity index (χ0) is 16.4. The monoisotopic (exact) mass is 303 g/mol. The summed E-state index contributed by atoms with van der Waals surface area (Å²) in [4.78, 5) is 0. The van der Waals surface area contributed by atoms with Gasteiger partial charge in [0.1, 0.15) is 0 Å². The van der Waals surface area contributed by atoms with E-state index < -0.39 is 0 Å². The van der Waals surface area contributed by atoms with Crippen molar-refractivity contribution in [2.24, 2.45) is 0 Å². The summed E-state index contributed by atoms with van der Waals surface area (Å²) in [5.41, 5.74) is 24.6. The zero-order valence-electron chi connectivity index (χ0n) is 13.2. The Bertz CT molecular complexity index is 760. The van der Waals surface area contributed by atoms with Crippen molar-refractivity contribution in [3.8, 4) is 0 Å². The number of anilines is 3. The average Bonchev–Trinajstić information content (AvgIpc) is 2.55. The lowest BCUT2D eigenvalue weighted by molar-refractivity contribution is 0.975. The van der Waals surface area contributed by atoms with Crippen LogP contribution in [0.3, 0.4) is 0 Å². The Morgan fingerprint density at radius 2 is 1.04 bits per heavy atom. The predicted octanol–water partition coefficient (Wildman–Crippen LogP) is 3.92. The lowest BCUT2D eigenvalue weighted by Crippen LogP contribution is -2.05. The Morgan fingerprint density at radius 1 is 0.609 bits per heavy atom. The molecule has 0 saturated heterocycles. The Balaban J connectivity index is 2.14. The maximum Gasteiger partial charge on any atom is 0.0343 e. The average molecular weight is 303 g/mol. The molecule has 0 amide bonds. The number of hydrogen-bond donors (Lipinski definition) is 3. The third-order valence-corrected chi connectivity index (χ3v) is 4.17. The molecule has 3 aromatic carbocycles. The molecule has 0 aromatic heterocycles. The molecule has 3 aromatic rings. The van der Waals surface area contributed by atoms with Crippen molar-refractivity contribution < 1.29 is 0 Å². The predicted molar refractivity (Wildman–Crippen MR) is 98.2 cm³/mol.